The third-order valence-electron chi connectivity index (χ3n) is 3.26. The Kier molecular flexibility index (Phi) is 4.68. The number of carbonyl (C=O) groups excluding carboxylic acids is 1. The second-order valence-corrected chi connectivity index (χ2v) is 6.47. The van der Waals surface area contributed by atoms with Gasteiger partial charge in [-0.25, -0.2) is 18.6 Å². The summed E-state index contributed by atoms with van der Waals surface area (Å²) in [5.74, 6) is -1.00. The van der Waals surface area contributed by atoms with Gasteiger partial charge in [0, 0.05) is 12.6 Å². The summed E-state index contributed by atoms with van der Waals surface area (Å²) < 4.78 is 24.5. The van der Waals surface area contributed by atoms with Crippen molar-refractivity contribution < 1.29 is 13.2 Å². The minimum atomic E-state index is -3.76. The molecule has 0 saturated carbocycles. The molecule has 0 aliphatic carbocycles. The van der Waals surface area contributed by atoms with Crippen molar-refractivity contribution in [2.45, 2.75) is 4.90 Å². The van der Waals surface area contributed by atoms with Gasteiger partial charge < -0.3 is 5.73 Å². The number of aromatic amines is 1. The third kappa shape index (κ3) is 3.13. The van der Waals surface area contributed by atoms with Crippen LogP contribution in [0.2, 0.25) is 0 Å². The molecule has 2 rings (SSSR count). The molecule has 1 aromatic heterocycles. The molecule has 1 heterocycles. The van der Waals surface area contributed by atoms with Crippen LogP contribution in [-0.4, -0.2) is 30.8 Å². The molecule has 0 atom stereocenters. The molecule has 0 aliphatic heterocycles. The van der Waals surface area contributed by atoms with Crippen molar-refractivity contribution >= 4 is 21.6 Å². The summed E-state index contributed by atoms with van der Waals surface area (Å²) in [5, 5.41) is 0. The molecule has 5 N–H and O–H groups in total. The Hall–Kier alpha value is -2.76. The molecule has 2 aromatic rings. The molecule has 0 unspecified atom stereocenters. The summed E-state index contributed by atoms with van der Waals surface area (Å²) in [7, 11) is -1.05. The Morgan fingerprint density at radius 3 is 2.33 bits per heavy atom. The lowest BCUT2D eigenvalue weighted by Crippen LogP contribution is -2.35. The van der Waals surface area contributed by atoms with E-state index in [9.17, 15) is 22.8 Å². The average molecular weight is 353 g/mol. The highest BCUT2D eigenvalue weighted by Crippen LogP contribution is 2.14. The molecule has 128 valence electrons. The van der Waals surface area contributed by atoms with E-state index in [1.807, 2.05) is 4.98 Å². The number of H-pyrrole nitrogens is 1. The molecule has 1 aromatic carbocycles. The van der Waals surface area contributed by atoms with E-state index in [-0.39, 0.29) is 21.8 Å². The van der Waals surface area contributed by atoms with E-state index < -0.39 is 27.1 Å². The minimum Gasteiger partial charge on any atom is -0.384 e. The van der Waals surface area contributed by atoms with E-state index in [0.717, 1.165) is 4.57 Å². The van der Waals surface area contributed by atoms with Gasteiger partial charge in [-0.05, 0) is 31.3 Å². The van der Waals surface area contributed by atoms with Crippen molar-refractivity contribution in [3.05, 3.63) is 56.2 Å². The van der Waals surface area contributed by atoms with Gasteiger partial charge in [-0.15, -0.1) is 4.83 Å². The number of nitrogens with one attached hydrogen (secondary N) is 3. The van der Waals surface area contributed by atoms with E-state index in [0.29, 0.717) is 0 Å². The Morgan fingerprint density at radius 2 is 1.79 bits per heavy atom. The van der Waals surface area contributed by atoms with E-state index in [1.54, 1.807) is 0 Å². The molecular weight excluding hydrogens is 338 g/mol. The van der Waals surface area contributed by atoms with E-state index in [2.05, 4.69) is 10.3 Å². The molecule has 0 fully saturated rings. The summed E-state index contributed by atoms with van der Waals surface area (Å²) in [6, 6.07) is 4.91. The number of carbonyl (C=O) groups is 1. The zero-order chi connectivity index (χ0) is 18.1. The number of benzene rings is 1. The fourth-order valence-corrected chi connectivity index (χ4v) is 2.86. The standard InChI is InChI=1S/C13H15N5O5S/c1-15-17-24(22,23)8-5-3-7(4-6-8)10(19)9-11(14)18(2)13(21)16-12(9)20/h3-6,15,17H,14H2,1-2H3,(H,16,20,21). The maximum Gasteiger partial charge on any atom is 0.329 e. The number of anilines is 1. The molecule has 10 nitrogen and oxygen atoms in total. The first-order chi connectivity index (χ1) is 11.2. The van der Waals surface area contributed by atoms with Gasteiger partial charge in [0.15, 0.2) is 0 Å². The molecular formula is C13H15N5O5S. The van der Waals surface area contributed by atoms with Gasteiger partial charge in [-0.1, -0.05) is 0 Å². The third-order valence-corrected chi connectivity index (χ3v) is 4.63. The number of nitrogens with two attached hydrogens (primary N) is 1. The van der Waals surface area contributed by atoms with Crippen molar-refractivity contribution in [2.24, 2.45) is 7.05 Å². The Bertz CT molecular complexity index is 1000. The number of nitrogens with zero attached hydrogens (tertiary/aromatic N) is 1. The highest BCUT2D eigenvalue weighted by atomic mass is 32.2. The average Bonchev–Trinajstić information content (AvgIpc) is 2.52. The number of nitrogen functional groups attached to an aromatic ring is 1. The second kappa shape index (κ2) is 6.39. The van der Waals surface area contributed by atoms with E-state index in [1.165, 1.54) is 38.4 Å². The van der Waals surface area contributed by atoms with Crippen molar-refractivity contribution in [3.63, 3.8) is 0 Å². The smallest absolute Gasteiger partial charge is 0.329 e. The first-order valence-corrected chi connectivity index (χ1v) is 8.09. The fourth-order valence-electron chi connectivity index (χ4n) is 1.98. The molecule has 0 aliphatic rings. The van der Waals surface area contributed by atoms with E-state index in [4.69, 9.17) is 5.73 Å². The van der Waals surface area contributed by atoms with Crippen LogP contribution in [0.5, 0.6) is 0 Å². The van der Waals surface area contributed by atoms with Crippen LogP contribution in [0.25, 0.3) is 0 Å². The molecule has 0 spiro atoms. The van der Waals surface area contributed by atoms with E-state index >= 15 is 0 Å². The normalized spacial score (nSPS) is 11.4. The van der Waals surface area contributed by atoms with Crippen molar-refractivity contribution in [1.29, 1.82) is 0 Å². The van der Waals surface area contributed by atoms with Crippen LogP contribution in [0.4, 0.5) is 5.82 Å². The van der Waals surface area contributed by atoms with Crippen LogP contribution in [0.1, 0.15) is 15.9 Å². The molecule has 24 heavy (non-hydrogen) atoms. The number of rotatable bonds is 5. The van der Waals surface area contributed by atoms with Gasteiger partial charge in [0.2, 0.25) is 5.78 Å². The summed E-state index contributed by atoms with van der Waals surface area (Å²) in [6.07, 6.45) is 0. The monoisotopic (exact) mass is 353 g/mol. The maximum atomic E-state index is 12.4. The number of hydrazine groups is 1. The predicted octanol–water partition coefficient (Wildman–Crippen LogP) is -1.70. The first-order valence-electron chi connectivity index (χ1n) is 6.61. The minimum absolute atomic E-state index is 0.0502. The van der Waals surface area contributed by atoms with Crippen LogP contribution in [0.15, 0.2) is 38.8 Å². The van der Waals surface area contributed by atoms with Gasteiger partial charge >= 0.3 is 5.69 Å². The number of ketones is 1. The lowest BCUT2D eigenvalue weighted by molar-refractivity contribution is 0.103. The molecule has 11 heteroatoms. The number of sulfonamides is 1. The van der Waals surface area contributed by atoms with Crippen LogP contribution in [0.3, 0.4) is 0 Å². The predicted molar refractivity (Wildman–Crippen MR) is 86.0 cm³/mol. The molecule has 0 bridgehead atoms. The lowest BCUT2D eigenvalue weighted by Gasteiger charge is -2.09. The van der Waals surface area contributed by atoms with Crippen LogP contribution < -0.4 is 27.2 Å². The van der Waals surface area contributed by atoms with Crippen molar-refractivity contribution in [2.75, 3.05) is 12.8 Å². The van der Waals surface area contributed by atoms with Gasteiger partial charge in [-0.3, -0.25) is 19.1 Å². The quantitative estimate of drug-likeness (QED) is 0.368. The summed E-state index contributed by atoms with van der Waals surface area (Å²) in [5.41, 5.74) is 5.98. The topological polar surface area (TPSA) is 156 Å². The van der Waals surface area contributed by atoms with Crippen LogP contribution in [-0.2, 0) is 17.1 Å². The Labute approximate surface area is 136 Å². The first kappa shape index (κ1) is 17.6. The van der Waals surface area contributed by atoms with Crippen LogP contribution >= 0.6 is 0 Å². The SMILES string of the molecule is CNNS(=O)(=O)c1ccc(C(=O)c2c(N)n(C)c(=O)[nH]c2=O)cc1. The number of hydrogen-bond donors (Lipinski definition) is 4. The summed E-state index contributed by atoms with van der Waals surface area (Å²) in [4.78, 5) is 39.7. The van der Waals surface area contributed by atoms with Gasteiger partial charge in [0.1, 0.15) is 11.4 Å². The summed E-state index contributed by atoms with van der Waals surface area (Å²) >= 11 is 0. The second-order valence-electron chi connectivity index (χ2n) is 4.79. The van der Waals surface area contributed by atoms with Crippen LogP contribution in [0, 0.1) is 0 Å². The van der Waals surface area contributed by atoms with Gasteiger partial charge in [0.25, 0.3) is 15.6 Å². The van der Waals surface area contributed by atoms with Gasteiger partial charge in [-0.2, -0.15) is 0 Å². The Balaban J connectivity index is 2.48. The number of hydrogen-bond acceptors (Lipinski definition) is 7. The molecule has 0 amide bonds. The Morgan fingerprint density at radius 1 is 1.21 bits per heavy atom. The largest absolute Gasteiger partial charge is 0.384 e. The highest BCUT2D eigenvalue weighted by molar-refractivity contribution is 7.89. The highest BCUT2D eigenvalue weighted by Gasteiger charge is 2.20. The maximum absolute atomic E-state index is 12.4. The zero-order valence-electron chi connectivity index (χ0n) is 12.8. The van der Waals surface area contributed by atoms with Gasteiger partial charge in [0.05, 0.1) is 4.90 Å². The van der Waals surface area contributed by atoms with Crippen molar-refractivity contribution in [3.8, 4) is 0 Å². The molecule has 0 radical (unpaired) electrons. The van der Waals surface area contributed by atoms with Crippen molar-refractivity contribution in [1.82, 2.24) is 19.8 Å². The zero-order valence-corrected chi connectivity index (χ0v) is 13.6. The lowest BCUT2D eigenvalue weighted by atomic mass is 10.1. The fraction of sp³-hybridized carbons (Fsp3) is 0.154. The summed E-state index contributed by atoms with van der Waals surface area (Å²) in [6.45, 7) is 0. The molecule has 0 saturated heterocycles. The number of aromatic nitrogens is 2.